The van der Waals surface area contributed by atoms with Gasteiger partial charge >= 0.3 is 0 Å². The molecule has 2 aromatic carbocycles. The summed E-state index contributed by atoms with van der Waals surface area (Å²) < 4.78 is 28.5. The van der Waals surface area contributed by atoms with Gasteiger partial charge in [-0.2, -0.15) is 0 Å². The second-order valence-corrected chi connectivity index (χ2v) is 8.79. The molecule has 3 rings (SSSR count). The van der Waals surface area contributed by atoms with Crippen molar-refractivity contribution in [2.45, 2.75) is 18.4 Å². The smallest absolute Gasteiger partial charge is 0.261 e. The maximum Gasteiger partial charge on any atom is 0.261 e. The van der Waals surface area contributed by atoms with Crippen molar-refractivity contribution in [1.82, 2.24) is 10.3 Å². The molecule has 28 heavy (non-hydrogen) atoms. The van der Waals surface area contributed by atoms with Crippen LogP contribution in [0.2, 0.25) is 0 Å². The van der Waals surface area contributed by atoms with E-state index in [9.17, 15) is 13.2 Å². The van der Waals surface area contributed by atoms with Crippen molar-refractivity contribution in [1.29, 1.82) is 0 Å². The van der Waals surface area contributed by atoms with Crippen LogP contribution in [0.5, 0.6) is 0 Å². The summed E-state index contributed by atoms with van der Waals surface area (Å²) in [6, 6.07) is 15.0. The second kappa shape index (κ2) is 8.53. The summed E-state index contributed by atoms with van der Waals surface area (Å²) >= 11 is 3.28. The summed E-state index contributed by atoms with van der Waals surface area (Å²) in [5, 5.41) is 2.76. The monoisotopic (exact) mass is 459 g/mol. The summed E-state index contributed by atoms with van der Waals surface area (Å²) in [5.74, 6) is -0.378. The van der Waals surface area contributed by atoms with Crippen molar-refractivity contribution < 1.29 is 13.2 Å². The Morgan fingerprint density at radius 2 is 1.86 bits per heavy atom. The average molecular weight is 460 g/mol. The highest BCUT2D eigenvalue weighted by atomic mass is 79.9. The highest BCUT2D eigenvalue weighted by Gasteiger charge is 2.18. The summed E-state index contributed by atoms with van der Waals surface area (Å²) in [5.41, 5.74) is 2.56. The van der Waals surface area contributed by atoms with E-state index >= 15 is 0 Å². The Morgan fingerprint density at radius 1 is 1.11 bits per heavy atom. The second-order valence-electron chi connectivity index (χ2n) is 6.19. The molecule has 0 spiro atoms. The maximum absolute atomic E-state index is 12.7. The Balaban J connectivity index is 1.79. The van der Waals surface area contributed by atoms with Gasteiger partial charge in [0.05, 0.1) is 4.90 Å². The molecular formula is C20H18BrN3O3S. The van der Waals surface area contributed by atoms with Crippen LogP contribution in [0.4, 0.5) is 5.69 Å². The zero-order chi connectivity index (χ0) is 20.1. The van der Waals surface area contributed by atoms with E-state index in [-0.39, 0.29) is 16.4 Å². The molecule has 0 atom stereocenters. The number of benzene rings is 2. The number of nitrogens with zero attached hydrogens (tertiary/aromatic N) is 1. The minimum absolute atomic E-state index is 0.00558. The van der Waals surface area contributed by atoms with Crippen molar-refractivity contribution in [3.63, 3.8) is 0 Å². The van der Waals surface area contributed by atoms with E-state index in [1.165, 1.54) is 12.1 Å². The van der Waals surface area contributed by atoms with Gasteiger partial charge in [0.25, 0.3) is 15.9 Å². The number of halogens is 1. The Labute approximate surface area is 172 Å². The molecule has 0 saturated carbocycles. The first-order valence-electron chi connectivity index (χ1n) is 8.41. The third kappa shape index (κ3) is 5.17. The van der Waals surface area contributed by atoms with Gasteiger partial charge in [0, 0.05) is 34.7 Å². The molecule has 0 unspecified atom stereocenters. The van der Waals surface area contributed by atoms with Gasteiger partial charge in [-0.1, -0.05) is 39.7 Å². The normalized spacial score (nSPS) is 11.1. The first-order valence-corrected chi connectivity index (χ1v) is 10.7. The molecule has 2 N–H and O–H groups in total. The molecule has 0 radical (unpaired) electrons. The number of carbonyl (C=O) groups is 1. The predicted molar refractivity (Wildman–Crippen MR) is 112 cm³/mol. The lowest BCUT2D eigenvalue weighted by Gasteiger charge is -2.11. The van der Waals surface area contributed by atoms with Crippen molar-refractivity contribution in [3.05, 3.63) is 88.2 Å². The number of pyridine rings is 1. The number of carbonyl (C=O) groups excluding carboxylic acids is 1. The molecule has 1 amide bonds. The molecule has 1 aromatic heterocycles. The van der Waals surface area contributed by atoms with Crippen LogP contribution in [-0.4, -0.2) is 19.3 Å². The summed E-state index contributed by atoms with van der Waals surface area (Å²) in [7, 11) is -3.84. The van der Waals surface area contributed by atoms with Crippen LogP contribution in [0.15, 0.2) is 76.4 Å². The number of aryl methyl sites for hydroxylation is 1. The molecule has 0 aliphatic heterocycles. The van der Waals surface area contributed by atoms with E-state index < -0.39 is 10.0 Å². The van der Waals surface area contributed by atoms with Gasteiger partial charge in [-0.3, -0.25) is 14.5 Å². The average Bonchev–Trinajstić information content (AvgIpc) is 2.68. The summed E-state index contributed by atoms with van der Waals surface area (Å²) in [6.45, 7) is 2.21. The molecule has 8 heteroatoms. The first-order chi connectivity index (χ1) is 13.3. The van der Waals surface area contributed by atoms with Gasteiger partial charge in [0.15, 0.2) is 0 Å². The van der Waals surface area contributed by atoms with Gasteiger partial charge in [-0.15, -0.1) is 0 Å². The van der Waals surface area contributed by atoms with E-state index in [1.54, 1.807) is 36.7 Å². The standard InChI is InChI=1S/C20H18BrN3O3S/c1-14-4-6-18(7-5-14)24-28(26,27)19-10-16(9-17(21)11-19)20(25)23-13-15-3-2-8-22-12-15/h2-12,24H,13H2,1H3,(H,23,25). The van der Waals surface area contributed by atoms with Gasteiger partial charge in [-0.25, -0.2) is 8.42 Å². The van der Waals surface area contributed by atoms with Crippen molar-refractivity contribution in [3.8, 4) is 0 Å². The lowest BCUT2D eigenvalue weighted by atomic mass is 10.2. The van der Waals surface area contributed by atoms with Crippen molar-refractivity contribution in [2.24, 2.45) is 0 Å². The molecular weight excluding hydrogens is 442 g/mol. The SMILES string of the molecule is Cc1ccc(NS(=O)(=O)c2cc(Br)cc(C(=O)NCc3cccnc3)c2)cc1. The molecule has 0 bridgehead atoms. The molecule has 144 valence electrons. The highest BCUT2D eigenvalue weighted by Crippen LogP contribution is 2.22. The van der Waals surface area contributed by atoms with E-state index in [0.29, 0.717) is 16.7 Å². The van der Waals surface area contributed by atoms with E-state index in [1.807, 2.05) is 25.1 Å². The zero-order valence-corrected chi connectivity index (χ0v) is 17.4. The quantitative estimate of drug-likeness (QED) is 0.585. The Bertz CT molecular complexity index is 1090. The topological polar surface area (TPSA) is 88.2 Å². The van der Waals surface area contributed by atoms with Crippen LogP contribution >= 0.6 is 15.9 Å². The van der Waals surface area contributed by atoms with E-state index in [2.05, 4.69) is 31.0 Å². The lowest BCUT2D eigenvalue weighted by Crippen LogP contribution is -2.23. The predicted octanol–water partition coefficient (Wildman–Crippen LogP) is 3.88. The molecule has 0 aliphatic carbocycles. The van der Waals surface area contributed by atoms with Crippen LogP contribution < -0.4 is 10.0 Å². The first kappa shape index (κ1) is 20.0. The largest absolute Gasteiger partial charge is 0.348 e. The third-order valence-corrected chi connectivity index (χ3v) is 5.74. The number of amides is 1. The van der Waals surface area contributed by atoms with Crippen LogP contribution in [0.25, 0.3) is 0 Å². The Hall–Kier alpha value is -2.71. The number of hydrogen-bond donors (Lipinski definition) is 2. The molecule has 0 saturated heterocycles. The minimum Gasteiger partial charge on any atom is -0.348 e. The van der Waals surface area contributed by atoms with E-state index in [4.69, 9.17) is 0 Å². The fourth-order valence-electron chi connectivity index (χ4n) is 2.47. The minimum atomic E-state index is -3.84. The lowest BCUT2D eigenvalue weighted by molar-refractivity contribution is 0.0950. The molecule has 0 aliphatic rings. The maximum atomic E-state index is 12.7. The highest BCUT2D eigenvalue weighted by molar-refractivity contribution is 9.10. The zero-order valence-electron chi connectivity index (χ0n) is 15.0. The fraction of sp³-hybridized carbons (Fsp3) is 0.100. The Kier molecular flexibility index (Phi) is 6.11. The number of nitrogens with one attached hydrogen (secondary N) is 2. The van der Waals surface area contributed by atoms with Crippen LogP contribution in [0, 0.1) is 6.92 Å². The fourth-order valence-corrected chi connectivity index (χ4v) is 4.24. The molecule has 6 nitrogen and oxygen atoms in total. The number of rotatable bonds is 6. The van der Waals surface area contributed by atoms with Crippen LogP contribution in [-0.2, 0) is 16.6 Å². The summed E-state index contributed by atoms with van der Waals surface area (Å²) in [6.07, 6.45) is 3.31. The van der Waals surface area contributed by atoms with Gasteiger partial charge in [-0.05, 0) is 48.9 Å². The van der Waals surface area contributed by atoms with Crippen molar-refractivity contribution in [2.75, 3.05) is 4.72 Å². The Morgan fingerprint density at radius 3 is 2.54 bits per heavy atom. The van der Waals surface area contributed by atoms with Crippen LogP contribution in [0.1, 0.15) is 21.5 Å². The molecule has 1 heterocycles. The molecule has 0 fully saturated rings. The number of anilines is 1. The van der Waals surface area contributed by atoms with Gasteiger partial charge in [0.2, 0.25) is 0 Å². The molecule has 3 aromatic rings. The number of sulfonamides is 1. The third-order valence-electron chi connectivity index (χ3n) is 3.92. The summed E-state index contributed by atoms with van der Waals surface area (Å²) in [4.78, 5) is 16.5. The van der Waals surface area contributed by atoms with E-state index in [0.717, 1.165) is 11.1 Å². The number of hydrogen-bond acceptors (Lipinski definition) is 4. The van der Waals surface area contributed by atoms with Crippen LogP contribution in [0.3, 0.4) is 0 Å². The number of aromatic nitrogens is 1. The van der Waals surface area contributed by atoms with Gasteiger partial charge in [0.1, 0.15) is 0 Å². The van der Waals surface area contributed by atoms with Gasteiger partial charge < -0.3 is 5.32 Å². The van der Waals surface area contributed by atoms with Crippen molar-refractivity contribution >= 4 is 37.5 Å².